The topological polar surface area (TPSA) is 21.3 Å². The lowest BCUT2D eigenvalue weighted by molar-refractivity contribution is 0.413. The van der Waals surface area contributed by atoms with Crippen molar-refractivity contribution in [3.05, 3.63) is 65.5 Å². The van der Waals surface area contributed by atoms with Gasteiger partial charge in [0.05, 0.1) is 7.11 Å². The van der Waals surface area contributed by atoms with E-state index in [1.54, 1.807) is 7.11 Å². The van der Waals surface area contributed by atoms with Crippen molar-refractivity contribution < 1.29 is 9.13 Å². The monoisotopic (exact) mass is 287 g/mol. The fraction of sp³-hybridized carbons (Fsp3) is 0.333. The Morgan fingerprint density at radius 1 is 1.14 bits per heavy atom. The van der Waals surface area contributed by atoms with Gasteiger partial charge in [0.15, 0.2) is 0 Å². The predicted molar refractivity (Wildman–Crippen MR) is 84.1 cm³/mol. The molecule has 0 amide bonds. The molecule has 0 aliphatic carbocycles. The lowest BCUT2D eigenvalue weighted by atomic mass is 10.1. The van der Waals surface area contributed by atoms with Crippen LogP contribution in [0.5, 0.6) is 5.75 Å². The molecule has 0 aliphatic heterocycles. The standard InChI is InChI=1S/C18H22FNO/c1-14(16-6-3-7-18(13-16)21-2)20-12-4-5-15-8-10-17(19)11-9-15/h3,6-11,13-14,20H,4-5,12H2,1-2H3/t14-/m1/s1. The Bertz CT molecular complexity index is 553. The Balaban J connectivity index is 1.76. The van der Waals surface area contributed by atoms with E-state index in [2.05, 4.69) is 24.4 Å². The van der Waals surface area contributed by atoms with Crippen molar-refractivity contribution >= 4 is 0 Å². The van der Waals surface area contributed by atoms with Gasteiger partial charge in [0, 0.05) is 6.04 Å². The summed E-state index contributed by atoms with van der Waals surface area (Å²) < 4.78 is 18.0. The molecule has 21 heavy (non-hydrogen) atoms. The van der Waals surface area contributed by atoms with Crippen LogP contribution in [-0.2, 0) is 6.42 Å². The molecule has 0 heterocycles. The van der Waals surface area contributed by atoms with Crippen LogP contribution in [0.1, 0.15) is 30.5 Å². The SMILES string of the molecule is COc1cccc([C@@H](C)NCCCc2ccc(F)cc2)c1. The maximum absolute atomic E-state index is 12.8. The Labute approximate surface area is 126 Å². The molecule has 0 radical (unpaired) electrons. The van der Waals surface area contributed by atoms with Gasteiger partial charge in [-0.25, -0.2) is 4.39 Å². The van der Waals surface area contributed by atoms with Crippen molar-refractivity contribution in [3.63, 3.8) is 0 Å². The fourth-order valence-electron chi connectivity index (χ4n) is 2.29. The first-order chi connectivity index (χ1) is 10.2. The summed E-state index contributed by atoms with van der Waals surface area (Å²) in [7, 11) is 1.68. The number of nitrogens with one attached hydrogen (secondary N) is 1. The normalized spacial score (nSPS) is 12.1. The molecule has 0 saturated heterocycles. The fourth-order valence-corrected chi connectivity index (χ4v) is 2.29. The minimum absolute atomic E-state index is 0.177. The van der Waals surface area contributed by atoms with E-state index < -0.39 is 0 Å². The van der Waals surface area contributed by atoms with Crippen LogP contribution in [0, 0.1) is 5.82 Å². The van der Waals surface area contributed by atoms with Crippen molar-refractivity contribution in [2.75, 3.05) is 13.7 Å². The van der Waals surface area contributed by atoms with Gasteiger partial charge in [0.1, 0.15) is 11.6 Å². The van der Waals surface area contributed by atoms with Crippen molar-refractivity contribution in [2.45, 2.75) is 25.8 Å². The Kier molecular flexibility index (Phi) is 5.76. The molecule has 0 aliphatic rings. The predicted octanol–water partition coefficient (Wildman–Crippen LogP) is 4.12. The van der Waals surface area contributed by atoms with E-state index >= 15 is 0 Å². The molecule has 1 N–H and O–H groups in total. The Morgan fingerprint density at radius 2 is 1.90 bits per heavy atom. The average Bonchev–Trinajstić information content (AvgIpc) is 2.53. The van der Waals surface area contributed by atoms with Gasteiger partial charge < -0.3 is 10.1 Å². The maximum atomic E-state index is 12.8. The molecule has 2 aromatic carbocycles. The van der Waals surface area contributed by atoms with Gasteiger partial charge in [-0.1, -0.05) is 24.3 Å². The molecule has 0 spiro atoms. The number of halogens is 1. The molecule has 1 atom stereocenters. The quantitative estimate of drug-likeness (QED) is 0.774. The zero-order valence-corrected chi connectivity index (χ0v) is 12.6. The largest absolute Gasteiger partial charge is 0.497 e. The first-order valence-electron chi connectivity index (χ1n) is 7.31. The second-order valence-corrected chi connectivity index (χ2v) is 5.18. The van der Waals surface area contributed by atoms with E-state index in [4.69, 9.17) is 4.74 Å². The second kappa shape index (κ2) is 7.79. The van der Waals surface area contributed by atoms with Crippen LogP contribution in [0.3, 0.4) is 0 Å². The Hall–Kier alpha value is -1.87. The van der Waals surface area contributed by atoms with E-state index in [1.807, 2.05) is 24.3 Å². The number of hydrogen-bond acceptors (Lipinski definition) is 2. The van der Waals surface area contributed by atoms with Gasteiger partial charge in [-0.05, 0) is 61.7 Å². The van der Waals surface area contributed by atoms with Crippen LogP contribution < -0.4 is 10.1 Å². The van der Waals surface area contributed by atoms with E-state index in [-0.39, 0.29) is 11.9 Å². The maximum Gasteiger partial charge on any atom is 0.123 e. The van der Waals surface area contributed by atoms with E-state index in [0.717, 1.165) is 25.1 Å². The third kappa shape index (κ3) is 4.87. The van der Waals surface area contributed by atoms with Gasteiger partial charge in [-0.15, -0.1) is 0 Å². The van der Waals surface area contributed by atoms with Crippen molar-refractivity contribution in [3.8, 4) is 5.75 Å². The van der Waals surface area contributed by atoms with Gasteiger partial charge in [-0.3, -0.25) is 0 Å². The molecule has 0 fully saturated rings. The van der Waals surface area contributed by atoms with Crippen molar-refractivity contribution in [1.82, 2.24) is 5.32 Å². The van der Waals surface area contributed by atoms with Crippen molar-refractivity contribution in [1.29, 1.82) is 0 Å². The van der Waals surface area contributed by atoms with Crippen LogP contribution in [0.25, 0.3) is 0 Å². The Morgan fingerprint density at radius 3 is 2.62 bits per heavy atom. The van der Waals surface area contributed by atoms with E-state index in [1.165, 1.54) is 23.3 Å². The second-order valence-electron chi connectivity index (χ2n) is 5.18. The number of rotatable bonds is 7. The molecule has 112 valence electrons. The highest BCUT2D eigenvalue weighted by atomic mass is 19.1. The van der Waals surface area contributed by atoms with Gasteiger partial charge >= 0.3 is 0 Å². The minimum atomic E-state index is -0.177. The summed E-state index contributed by atoms with van der Waals surface area (Å²) in [6.07, 6.45) is 1.98. The highest BCUT2D eigenvalue weighted by Crippen LogP contribution is 2.18. The number of aryl methyl sites for hydroxylation is 1. The molecule has 2 rings (SSSR count). The zero-order chi connectivity index (χ0) is 15.1. The summed E-state index contributed by atoms with van der Waals surface area (Å²) in [6.45, 7) is 3.07. The van der Waals surface area contributed by atoms with Crippen LogP contribution in [0.4, 0.5) is 4.39 Å². The van der Waals surface area contributed by atoms with Crippen molar-refractivity contribution in [2.24, 2.45) is 0 Å². The van der Waals surface area contributed by atoms with Crippen LogP contribution in [0.15, 0.2) is 48.5 Å². The van der Waals surface area contributed by atoms with Gasteiger partial charge in [0.2, 0.25) is 0 Å². The number of hydrogen-bond donors (Lipinski definition) is 1. The summed E-state index contributed by atoms with van der Waals surface area (Å²) in [4.78, 5) is 0. The molecule has 0 aromatic heterocycles. The molecule has 3 heteroatoms. The lowest BCUT2D eigenvalue weighted by Gasteiger charge is -2.15. The molecular formula is C18H22FNO. The van der Waals surface area contributed by atoms with Gasteiger partial charge in [-0.2, -0.15) is 0 Å². The van der Waals surface area contributed by atoms with E-state index in [9.17, 15) is 4.39 Å². The third-order valence-corrected chi connectivity index (χ3v) is 3.60. The third-order valence-electron chi connectivity index (χ3n) is 3.60. The highest BCUT2D eigenvalue weighted by molar-refractivity contribution is 5.30. The summed E-state index contributed by atoms with van der Waals surface area (Å²) in [5.74, 6) is 0.705. The smallest absolute Gasteiger partial charge is 0.123 e. The lowest BCUT2D eigenvalue weighted by Crippen LogP contribution is -2.20. The first-order valence-corrected chi connectivity index (χ1v) is 7.31. The summed E-state index contributed by atoms with van der Waals surface area (Å²) >= 11 is 0. The number of benzene rings is 2. The zero-order valence-electron chi connectivity index (χ0n) is 12.6. The summed E-state index contributed by atoms with van der Waals surface area (Å²) in [6, 6.07) is 15.1. The summed E-state index contributed by atoms with van der Waals surface area (Å²) in [5.41, 5.74) is 2.39. The first kappa shape index (κ1) is 15.5. The summed E-state index contributed by atoms with van der Waals surface area (Å²) in [5, 5.41) is 3.50. The van der Waals surface area contributed by atoms with Crippen LogP contribution >= 0.6 is 0 Å². The molecular weight excluding hydrogens is 265 g/mol. The van der Waals surface area contributed by atoms with E-state index in [0.29, 0.717) is 0 Å². The average molecular weight is 287 g/mol. The van der Waals surface area contributed by atoms with Crippen LogP contribution in [-0.4, -0.2) is 13.7 Å². The molecule has 2 aromatic rings. The number of methoxy groups -OCH3 is 1. The number of ether oxygens (including phenoxy) is 1. The molecule has 0 saturated carbocycles. The molecule has 2 nitrogen and oxygen atoms in total. The minimum Gasteiger partial charge on any atom is -0.497 e. The van der Waals surface area contributed by atoms with Crippen LogP contribution in [0.2, 0.25) is 0 Å². The molecule has 0 bridgehead atoms. The highest BCUT2D eigenvalue weighted by Gasteiger charge is 2.05. The molecule has 0 unspecified atom stereocenters. The van der Waals surface area contributed by atoms with Gasteiger partial charge in [0.25, 0.3) is 0 Å².